The lowest BCUT2D eigenvalue weighted by atomic mass is 10.2. The van der Waals surface area contributed by atoms with Crippen LogP contribution in [0, 0.1) is 5.82 Å². The van der Waals surface area contributed by atoms with E-state index in [9.17, 15) is 9.50 Å². The van der Waals surface area contributed by atoms with Crippen molar-refractivity contribution < 1.29 is 19.0 Å². The molecule has 0 saturated carbocycles. The molecule has 0 aliphatic heterocycles. The van der Waals surface area contributed by atoms with Gasteiger partial charge in [-0.2, -0.15) is 0 Å². The number of hydrogen-bond donors (Lipinski definition) is 2. The van der Waals surface area contributed by atoms with Crippen molar-refractivity contribution in [2.75, 3.05) is 25.6 Å². The molecule has 2 N–H and O–H groups in total. The smallest absolute Gasteiger partial charge is 0.144 e. The Balaban J connectivity index is 1.82. The zero-order valence-corrected chi connectivity index (χ0v) is 11.8. The van der Waals surface area contributed by atoms with Crippen molar-refractivity contribution >= 4 is 5.69 Å². The van der Waals surface area contributed by atoms with Crippen LogP contribution in [0.3, 0.4) is 0 Å². The fourth-order valence-electron chi connectivity index (χ4n) is 1.81. The van der Waals surface area contributed by atoms with Crippen molar-refractivity contribution in [3.63, 3.8) is 0 Å². The molecule has 0 radical (unpaired) electrons. The summed E-state index contributed by atoms with van der Waals surface area (Å²) in [7, 11) is 1.47. The predicted molar refractivity (Wildman–Crippen MR) is 79.4 cm³/mol. The minimum Gasteiger partial charge on any atom is -0.494 e. The van der Waals surface area contributed by atoms with Crippen LogP contribution in [-0.2, 0) is 0 Å². The van der Waals surface area contributed by atoms with E-state index in [1.54, 1.807) is 6.07 Å². The average molecular weight is 291 g/mol. The Morgan fingerprint density at radius 2 is 1.95 bits per heavy atom. The van der Waals surface area contributed by atoms with Gasteiger partial charge in [-0.3, -0.25) is 0 Å². The summed E-state index contributed by atoms with van der Waals surface area (Å²) in [6, 6.07) is 13.5. The van der Waals surface area contributed by atoms with Gasteiger partial charge in [-0.05, 0) is 24.3 Å². The second-order valence-electron chi connectivity index (χ2n) is 4.50. The lowest BCUT2D eigenvalue weighted by Gasteiger charge is -2.15. The van der Waals surface area contributed by atoms with Gasteiger partial charge in [0.1, 0.15) is 30.0 Å². The quantitative estimate of drug-likeness (QED) is 0.823. The molecule has 0 saturated heterocycles. The molecular formula is C16H18FNO3. The van der Waals surface area contributed by atoms with Gasteiger partial charge in [-0.1, -0.05) is 18.2 Å². The van der Waals surface area contributed by atoms with Crippen LogP contribution in [0.5, 0.6) is 11.5 Å². The fourth-order valence-corrected chi connectivity index (χ4v) is 1.81. The van der Waals surface area contributed by atoms with Crippen LogP contribution in [0.1, 0.15) is 0 Å². The van der Waals surface area contributed by atoms with Gasteiger partial charge in [0.2, 0.25) is 0 Å². The van der Waals surface area contributed by atoms with Crippen LogP contribution in [0.4, 0.5) is 10.1 Å². The summed E-state index contributed by atoms with van der Waals surface area (Å²) in [6.07, 6.45) is -0.694. The third kappa shape index (κ3) is 4.65. The van der Waals surface area contributed by atoms with E-state index in [0.29, 0.717) is 17.2 Å². The largest absolute Gasteiger partial charge is 0.494 e. The van der Waals surface area contributed by atoms with Crippen molar-refractivity contribution in [1.82, 2.24) is 0 Å². The molecule has 5 heteroatoms. The minimum absolute atomic E-state index is 0.167. The van der Waals surface area contributed by atoms with Crippen LogP contribution in [0.25, 0.3) is 0 Å². The van der Waals surface area contributed by atoms with Crippen molar-refractivity contribution in [2.45, 2.75) is 6.10 Å². The topological polar surface area (TPSA) is 50.7 Å². The fraction of sp³-hybridized carbons (Fsp3) is 0.250. The van der Waals surface area contributed by atoms with E-state index in [0.717, 1.165) is 0 Å². The lowest BCUT2D eigenvalue weighted by Crippen LogP contribution is -2.26. The number of nitrogens with one attached hydrogen (secondary N) is 1. The molecule has 2 rings (SSSR count). The SMILES string of the molecule is COc1cc(F)ccc1NCC(O)COc1ccccc1. The highest BCUT2D eigenvalue weighted by atomic mass is 19.1. The summed E-state index contributed by atoms with van der Waals surface area (Å²) in [5, 5.41) is 12.9. The Bertz CT molecular complexity index is 563. The van der Waals surface area contributed by atoms with Gasteiger partial charge in [-0.25, -0.2) is 4.39 Å². The zero-order chi connectivity index (χ0) is 15.1. The lowest BCUT2D eigenvalue weighted by molar-refractivity contribution is 0.117. The maximum atomic E-state index is 13.1. The molecule has 0 heterocycles. The first-order valence-corrected chi connectivity index (χ1v) is 6.62. The van der Waals surface area contributed by atoms with Crippen LogP contribution in [-0.4, -0.2) is 31.5 Å². The van der Waals surface area contributed by atoms with E-state index < -0.39 is 6.10 Å². The van der Waals surface area contributed by atoms with E-state index in [4.69, 9.17) is 9.47 Å². The van der Waals surface area contributed by atoms with Gasteiger partial charge in [0, 0.05) is 12.6 Å². The van der Waals surface area contributed by atoms with E-state index in [-0.39, 0.29) is 19.0 Å². The first-order chi connectivity index (χ1) is 10.2. The monoisotopic (exact) mass is 291 g/mol. The molecule has 0 aliphatic carbocycles. The number of hydrogen-bond acceptors (Lipinski definition) is 4. The van der Waals surface area contributed by atoms with Crippen LogP contribution in [0.15, 0.2) is 48.5 Å². The summed E-state index contributed by atoms with van der Waals surface area (Å²) in [4.78, 5) is 0. The Labute approximate surface area is 123 Å². The average Bonchev–Trinajstić information content (AvgIpc) is 2.52. The second kappa shape index (κ2) is 7.50. The van der Waals surface area contributed by atoms with E-state index in [2.05, 4.69) is 5.32 Å². The molecule has 0 aromatic heterocycles. The number of aliphatic hydroxyl groups is 1. The van der Waals surface area contributed by atoms with Gasteiger partial charge in [-0.15, -0.1) is 0 Å². The highest BCUT2D eigenvalue weighted by molar-refractivity contribution is 5.56. The minimum atomic E-state index is -0.694. The third-order valence-corrected chi connectivity index (χ3v) is 2.88. The van der Waals surface area contributed by atoms with Gasteiger partial charge < -0.3 is 19.9 Å². The number of ether oxygens (including phenoxy) is 2. The second-order valence-corrected chi connectivity index (χ2v) is 4.50. The summed E-state index contributed by atoms with van der Waals surface area (Å²) < 4.78 is 23.6. The Morgan fingerprint density at radius 3 is 2.67 bits per heavy atom. The normalized spacial score (nSPS) is 11.8. The number of para-hydroxylation sites is 1. The maximum Gasteiger partial charge on any atom is 0.144 e. The molecule has 21 heavy (non-hydrogen) atoms. The highest BCUT2D eigenvalue weighted by Crippen LogP contribution is 2.24. The van der Waals surface area contributed by atoms with Crippen LogP contribution in [0.2, 0.25) is 0 Å². The number of rotatable bonds is 7. The van der Waals surface area contributed by atoms with Gasteiger partial charge in [0.25, 0.3) is 0 Å². The number of anilines is 1. The molecule has 0 spiro atoms. The van der Waals surface area contributed by atoms with Gasteiger partial charge in [0.15, 0.2) is 0 Å². The third-order valence-electron chi connectivity index (χ3n) is 2.88. The van der Waals surface area contributed by atoms with Crippen LogP contribution >= 0.6 is 0 Å². The Kier molecular flexibility index (Phi) is 5.40. The highest BCUT2D eigenvalue weighted by Gasteiger charge is 2.08. The van der Waals surface area contributed by atoms with E-state index >= 15 is 0 Å². The molecule has 2 aromatic rings. The Hall–Kier alpha value is -2.27. The van der Waals surface area contributed by atoms with E-state index in [1.165, 1.54) is 19.2 Å². The molecule has 2 aromatic carbocycles. The number of benzene rings is 2. The van der Waals surface area contributed by atoms with Crippen molar-refractivity contribution in [3.05, 3.63) is 54.3 Å². The molecule has 1 unspecified atom stereocenters. The van der Waals surface area contributed by atoms with Crippen molar-refractivity contribution in [1.29, 1.82) is 0 Å². The Morgan fingerprint density at radius 1 is 1.19 bits per heavy atom. The molecule has 1 atom stereocenters. The van der Waals surface area contributed by atoms with Crippen molar-refractivity contribution in [3.8, 4) is 11.5 Å². The molecule has 0 bridgehead atoms. The first kappa shape index (κ1) is 15.1. The molecule has 0 aliphatic rings. The number of methoxy groups -OCH3 is 1. The number of aliphatic hydroxyl groups excluding tert-OH is 1. The van der Waals surface area contributed by atoms with Crippen LogP contribution < -0.4 is 14.8 Å². The molecule has 4 nitrogen and oxygen atoms in total. The number of halogens is 1. The molecule has 0 amide bonds. The molecular weight excluding hydrogens is 273 g/mol. The molecule has 112 valence electrons. The standard InChI is InChI=1S/C16H18FNO3/c1-20-16-9-12(17)7-8-15(16)18-10-13(19)11-21-14-5-3-2-4-6-14/h2-9,13,18-19H,10-11H2,1H3. The van der Waals surface area contributed by atoms with E-state index in [1.807, 2.05) is 30.3 Å². The summed E-state index contributed by atoms with van der Waals surface area (Å²) in [5.41, 5.74) is 0.623. The molecule has 0 fully saturated rings. The summed E-state index contributed by atoms with van der Waals surface area (Å²) >= 11 is 0. The predicted octanol–water partition coefficient (Wildman–Crippen LogP) is 2.69. The maximum absolute atomic E-state index is 13.1. The zero-order valence-electron chi connectivity index (χ0n) is 11.8. The summed E-state index contributed by atoms with van der Waals surface area (Å²) in [5.74, 6) is 0.729. The van der Waals surface area contributed by atoms with Gasteiger partial charge >= 0.3 is 0 Å². The first-order valence-electron chi connectivity index (χ1n) is 6.62. The van der Waals surface area contributed by atoms with Gasteiger partial charge in [0.05, 0.1) is 12.8 Å². The summed E-state index contributed by atoms with van der Waals surface area (Å²) in [6.45, 7) is 0.440. The van der Waals surface area contributed by atoms with Crippen molar-refractivity contribution in [2.24, 2.45) is 0 Å².